The summed E-state index contributed by atoms with van der Waals surface area (Å²) in [6, 6.07) is 8.48. The first-order chi connectivity index (χ1) is 9.96. The van der Waals surface area contributed by atoms with E-state index in [1.807, 2.05) is 12.1 Å². The Morgan fingerprint density at radius 3 is 2.33 bits per heavy atom. The highest BCUT2D eigenvalue weighted by Gasteiger charge is 2.13. The molecular formula is C18H31NO2. The molecule has 1 atom stereocenters. The smallest absolute Gasteiger partial charge is 0.118 e. The Kier molecular flexibility index (Phi) is 7.76. The van der Waals surface area contributed by atoms with E-state index >= 15 is 0 Å². The van der Waals surface area contributed by atoms with Gasteiger partial charge in [0.2, 0.25) is 0 Å². The summed E-state index contributed by atoms with van der Waals surface area (Å²) >= 11 is 0. The molecule has 0 radical (unpaired) electrons. The lowest BCUT2D eigenvalue weighted by atomic mass is 9.93. The largest absolute Gasteiger partial charge is 0.497 e. The first-order valence-corrected chi connectivity index (χ1v) is 7.91. The van der Waals surface area contributed by atoms with Gasteiger partial charge in [0.25, 0.3) is 0 Å². The van der Waals surface area contributed by atoms with Crippen molar-refractivity contribution in [1.29, 1.82) is 0 Å². The molecule has 0 heterocycles. The van der Waals surface area contributed by atoms with Crippen LogP contribution in [0.25, 0.3) is 0 Å². The standard InChI is InChI=1S/C18H31NO2/c1-6-12-19-17(14-21-13-11-18(2,3)4)15-7-9-16(20-5)10-8-15/h7-10,17,19H,6,11-14H2,1-5H3. The fourth-order valence-corrected chi connectivity index (χ4v) is 2.01. The SMILES string of the molecule is CCCNC(COCCC(C)(C)C)c1ccc(OC)cc1. The number of hydrogen-bond donors (Lipinski definition) is 1. The maximum Gasteiger partial charge on any atom is 0.118 e. The predicted molar refractivity (Wildman–Crippen MR) is 88.9 cm³/mol. The van der Waals surface area contributed by atoms with Crippen LogP contribution < -0.4 is 10.1 Å². The van der Waals surface area contributed by atoms with E-state index in [4.69, 9.17) is 9.47 Å². The maximum absolute atomic E-state index is 5.89. The monoisotopic (exact) mass is 293 g/mol. The molecule has 0 fully saturated rings. The molecule has 0 aliphatic rings. The van der Waals surface area contributed by atoms with Crippen LogP contribution in [0.2, 0.25) is 0 Å². The number of ether oxygens (including phenoxy) is 2. The molecule has 0 spiro atoms. The Balaban J connectivity index is 2.53. The van der Waals surface area contributed by atoms with Gasteiger partial charge >= 0.3 is 0 Å². The van der Waals surface area contributed by atoms with E-state index < -0.39 is 0 Å². The van der Waals surface area contributed by atoms with Crippen molar-refractivity contribution in [3.63, 3.8) is 0 Å². The summed E-state index contributed by atoms with van der Waals surface area (Å²) in [5, 5.41) is 3.56. The molecule has 0 bridgehead atoms. The predicted octanol–water partition coefficient (Wildman–Crippen LogP) is 4.19. The molecule has 21 heavy (non-hydrogen) atoms. The minimum atomic E-state index is 0.246. The van der Waals surface area contributed by atoms with Crippen molar-refractivity contribution in [3.05, 3.63) is 29.8 Å². The Morgan fingerprint density at radius 1 is 1.14 bits per heavy atom. The van der Waals surface area contributed by atoms with Crippen molar-refractivity contribution in [2.75, 3.05) is 26.9 Å². The lowest BCUT2D eigenvalue weighted by molar-refractivity contribution is 0.0897. The quantitative estimate of drug-likeness (QED) is 0.693. The van der Waals surface area contributed by atoms with Crippen molar-refractivity contribution < 1.29 is 9.47 Å². The second kappa shape index (κ2) is 9.06. The van der Waals surface area contributed by atoms with Gasteiger partial charge in [-0.2, -0.15) is 0 Å². The lowest BCUT2D eigenvalue weighted by Gasteiger charge is -2.22. The van der Waals surface area contributed by atoms with Crippen molar-refractivity contribution in [1.82, 2.24) is 5.32 Å². The molecule has 1 aromatic rings. The topological polar surface area (TPSA) is 30.5 Å². The van der Waals surface area contributed by atoms with Gasteiger partial charge in [-0.25, -0.2) is 0 Å². The van der Waals surface area contributed by atoms with Gasteiger partial charge in [-0.3, -0.25) is 0 Å². The summed E-state index contributed by atoms with van der Waals surface area (Å²) in [5.74, 6) is 0.890. The Hall–Kier alpha value is -1.06. The van der Waals surface area contributed by atoms with Crippen molar-refractivity contribution in [2.24, 2.45) is 5.41 Å². The zero-order chi connectivity index (χ0) is 15.7. The molecule has 0 aromatic heterocycles. The molecule has 3 heteroatoms. The molecule has 0 saturated heterocycles. The van der Waals surface area contributed by atoms with Gasteiger partial charge in [0.05, 0.1) is 19.8 Å². The number of rotatable bonds is 9. The van der Waals surface area contributed by atoms with Crippen LogP contribution in [0.5, 0.6) is 5.75 Å². The van der Waals surface area contributed by atoms with Gasteiger partial charge < -0.3 is 14.8 Å². The van der Waals surface area contributed by atoms with Crippen molar-refractivity contribution in [2.45, 2.75) is 46.6 Å². The van der Waals surface area contributed by atoms with E-state index in [1.165, 1.54) is 5.56 Å². The number of nitrogens with one attached hydrogen (secondary N) is 1. The molecule has 1 N–H and O–H groups in total. The summed E-state index contributed by atoms with van der Waals surface area (Å²) in [6.07, 6.45) is 2.20. The van der Waals surface area contributed by atoms with Gasteiger partial charge in [0.15, 0.2) is 0 Å². The summed E-state index contributed by atoms with van der Waals surface area (Å²) < 4.78 is 11.1. The summed E-state index contributed by atoms with van der Waals surface area (Å²) in [4.78, 5) is 0. The first kappa shape index (κ1) is 18.0. The fourth-order valence-electron chi connectivity index (χ4n) is 2.01. The lowest BCUT2D eigenvalue weighted by Crippen LogP contribution is -2.27. The number of methoxy groups -OCH3 is 1. The zero-order valence-corrected chi connectivity index (χ0v) is 14.2. The normalized spacial score (nSPS) is 13.2. The second-order valence-corrected chi connectivity index (χ2v) is 6.67. The molecule has 1 rings (SSSR count). The van der Waals surface area contributed by atoms with Crippen LogP contribution >= 0.6 is 0 Å². The van der Waals surface area contributed by atoms with Crippen LogP contribution in [0.1, 0.15) is 52.1 Å². The Labute approximate surface area is 130 Å². The third kappa shape index (κ3) is 7.49. The molecule has 1 aromatic carbocycles. The number of hydrogen-bond acceptors (Lipinski definition) is 3. The van der Waals surface area contributed by atoms with Gasteiger partial charge in [0.1, 0.15) is 5.75 Å². The van der Waals surface area contributed by atoms with Crippen LogP contribution in [0.4, 0.5) is 0 Å². The molecule has 1 unspecified atom stereocenters. The van der Waals surface area contributed by atoms with Crippen LogP contribution in [-0.4, -0.2) is 26.9 Å². The molecular weight excluding hydrogens is 262 g/mol. The van der Waals surface area contributed by atoms with E-state index in [2.05, 4.69) is 45.1 Å². The highest BCUT2D eigenvalue weighted by Crippen LogP contribution is 2.20. The minimum Gasteiger partial charge on any atom is -0.497 e. The van der Waals surface area contributed by atoms with Gasteiger partial charge in [-0.15, -0.1) is 0 Å². The van der Waals surface area contributed by atoms with E-state index in [1.54, 1.807) is 7.11 Å². The number of benzene rings is 1. The van der Waals surface area contributed by atoms with E-state index in [-0.39, 0.29) is 6.04 Å². The van der Waals surface area contributed by atoms with Crippen LogP contribution in [0.15, 0.2) is 24.3 Å². The third-order valence-electron chi connectivity index (χ3n) is 3.44. The second-order valence-electron chi connectivity index (χ2n) is 6.67. The van der Waals surface area contributed by atoms with Crippen molar-refractivity contribution in [3.8, 4) is 5.75 Å². The summed E-state index contributed by atoms with van der Waals surface area (Å²) in [5.41, 5.74) is 1.58. The van der Waals surface area contributed by atoms with Crippen LogP contribution in [0, 0.1) is 5.41 Å². The van der Waals surface area contributed by atoms with E-state index in [0.29, 0.717) is 12.0 Å². The summed E-state index contributed by atoms with van der Waals surface area (Å²) in [7, 11) is 1.69. The van der Waals surface area contributed by atoms with Crippen LogP contribution in [0.3, 0.4) is 0 Å². The Bertz CT molecular complexity index is 381. The van der Waals surface area contributed by atoms with Crippen molar-refractivity contribution >= 4 is 0 Å². The molecule has 0 amide bonds. The minimum absolute atomic E-state index is 0.246. The Morgan fingerprint density at radius 2 is 1.81 bits per heavy atom. The molecule has 120 valence electrons. The first-order valence-electron chi connectivity index (χ1n) is 7.91. The average molecular weight is 293 g/mol. The molecule has 3 nitrogen and oxygen atoms in total. The summed E-state index contributed by atoms with van der Waals surface area (Å²) in [6.45, 7) is 11.4. The fraction of sp³-hybridized carbons (Fsp3) is 0.667. The van der Waals surface area contributed by atoms with Gasteiger partial charge in [0, 0.05) is 6.61 Å². The van der Waals surface area contributed by atoms with Gasteiger partial charge in [-0.05, 0) is 42.5 Å². The molecule has 0 saturated carbocycles. The molecule has 0 aliphatic carbocycles. The van der Waals surface area contributed by atoms with E-state index in [9.17, 15) is 0 Å². The zero-order valence-electron chi connectivity index (χ0n) is 14.2. The third-order valence-corrected chi connectivity index (χ3v) is 3.44. The average Bonchev–Trinajstić information content (AvgIpc) is 2.45. The highest BCUT2D eigenvalue weighted by atomic mass is 16.5. The highest BCUT2D eigenvalue weighted by molar-refractivity contribution is 5.29. The van der Waals surface area contributed by atoms with E-state index in [0.717, 1.165) is 31.7 Å². The van der Waals surface area contributed by atoms with Gasteiger partial charge in [-0.1, -0.05) is 39.8 Å². The maximum atomic E-state index is 5.89. The van der Waals surface area contributed by atoms with Crippen LogP contribution in [-0.2, 0) is 4.74 Å². The molecule has 0 aliphatic heterocycles.